The van der Waals surface area contributed by atoms with E-state index >= 15 is 0 Å². The minimum absolute atomic E-state index is 0.232. The topological polar surface area (TPSA) is 29.1 Å². The van der Waals surface area contributed by atoms with Crippen molar-refractivity contribution in [2.45, 2.75) is 6.92 Å². The first kappa shape index (κ1) is 14.6. The van der Waals surface area contributed by atoms with Gasteiger partial charge in [-0.3, -0.25) is 4.79 Å². The lowest BCUT2D eigenvalue weighted by atomic mass is 10.2. The molecule has 1 N–H and O–H groups in total. The zero-order valence-electron chi connectivity index (χ0n) is 10.9. The SMILES string of the molecule is Cc1ccc(NC(=O)C=Cc2ccccc2Cl)cc1Cl. The Morgan fingerprint density at radius 1 is 1.10 bits per heavy atom. The molecule has 102 valence electrons. The van der Waals surface area contributed by atoms with Crippen LogP contribution in [0.1, 0.15) is 11.1 Å². The van der Waals surface area contributed by atoms with Crippen LogP contribution in [0.2, 0.25) is 10.0 Å². The van der Waals surface area contributed by atoms with Gasteiger partial charge in [-0.05, 0) is 42.3 Å². The predicted octanol–water partition coefficient (Wildman–Crippen LogP) is 4.95. The molecule has 0 fully saturated rings. The predicted molar refractivity (Wildman–Crippen MR) is 85.3 cm³/mol. The fraction of sp³-hybridized carbons (Fsp3) is 0.0625. The number of halogens is 2. The van der Waals surface area contributed by atoms with E-state index in [4.69, 9.17) is 23.2 Å². The maximum atomic E-state index is 11.8. The number of benzene rings is 2. The van der Waals surface area contributed by atoms with Crippen LogP contribution in [0.3, 0.4) is 0 Å². The number of carbonyl (C=O) groups is 1. The van der Waals surface area contributed by atoms with Crippen molar-refractivity contribution in [2.24, 2.45) is 0 Å². The summed E-state index contributed by atoms with van der Waals surface area (Å²) in [5.74, 6) is -0.232. The van der Waals surface area contributed by atoms with Gasteiger partial charge >= 0.3 is 0 Å². The van der Waals surface area contributed by atoms with Crippen LogP contribution >= 0.6 is 23.2 Å². The van der Waals surface area contributed by atoms with Crippen LogP contribution in [0.5, 0.6) is 0 Å². The minimum atomic E-state index is -0.232. The number of hydrogen-bond acceptors (Lipinski definition) is 1. The number of aryl methyl sites for hydroxylation is 1. The number of nitrogens with one attached hydrogen (secondary N) is 1. The molecule has 0 aromatic heterocycles. The smallest absolute Gasteiger partial charge is 0.248 e. The molecule has 2 rings (SSSR count). The Balaban J connectivity index is 2.06. The van der Waals surface area contributed by atoms with E-state index in [1.54, 1.807) is 18.2 Å². The fourth-order valence-corrected chi connectivity index (χ4v) is 2.01. The Morgan fingerprint density at radius 2 is 1.85 bits per heavy atom. The highest BCUT2D eigenvalue weighted by Crippen LogP contribution is 2.20. The monoisotopic (exact) mass is 305 g/mol. The summed E-state index contributed by atoms with van der Waals surface area (Å²) in [5, 5.41) is 3.98. The molecule has 0 saturated heterocycles. The van der Waals surface area contributed by atoms with Gasteiger partial charge in [-0.2, -0.15) is 0 Å². The lowest BCUT2D eigenvalue weighted by Gasteiger charge is -2.04. The van der Waals surface area contributed by atoms with Crippen LogP contribution < -0.4 is 5.32 Å². The van der Waals surface area contributed by atoms with Crippen molar-refractivity contribution in [3.63, 3.8) is 0 Å². The van der Waals surface area contributed by atoms with Crippen molar-refractivity contribution < 1.29 is 4.79 Å². The first-order chi connectivity index (χ1) is 9.56. The van der Waals surface area contributed by atoms with E-state index in [0.29, 0.717) is 15.7 Å². The molecule has 20 heavy (non-hydrogen) atoms. The van der Waals surface area contributed by atoms with E-state index in [0.717, 1.165) is 11.1 Å². The normalized spacial score (nSPS) is 10.8. The molecule has 0 radical (unpaired) electrons. The van der Waals surface area contributed by atoms with Crippen molar-refractivity contribution in [3.05, 3.63) is 69.7 Å². The Kier molecular flexibility index (Phi) is 4.83. The Labute approximate surface area is 128 Å². The molecule has 0 saturated carbocycles. The van der Waals surface area contributed by atoms with Crippen LogP contribution in [0.15, 0.2) is 48.5 Å². The Bertz CT molecular complexity index is 665. The van der Waals surface area contributed by atoms with Crippen molar-refractivity contribution in [1.82, 2.24) is 0 Å². The molecular formula is C16H13Cl2NO. The van der Waals surface area contributed by atoms with Crippen LogP contribution in [-0.2, 0) is 4.79 Å². The summed E-state index contributed by atoms with van der Waals surface area (Å²) < 4.78 is 0. The number of rotatable bonds is 3. The maximum absolute atomic E-state index is 11.8. The standard InChI is InChI=1S/C16H13Cl2NO/c1-11-6-8-13(10-15(11)18)19-16(20)9-7-12-4-2-3-5-14(12)17/h2-10H,1H3,(H,19,20). The molecule has 2 aromatic rings. The van der Waals surface area contributed by atoms with Gasteiger partial charge in [0.05, 0.1) is 0 Å². The van der Waals surface area contributed by atoms with Crippen LogP contribution in [0, 0.1) is 6.92 Å². The third kappa shape index (κ3) is 3.86. The van der Waals surface area contributed by atoms with Gasteiger partial charge in [0.15, 0.2) is 0 Å². The van der Waals surface area contributed by atoms with Gasteiger partial charge in [0.1, 0.15) is 0 Å². The van der Waals surface area contributed by atoms with Crippen molar-refractivity contribution in [3.8, 4) is 0 Å². The zero-order valence-corrected chi connectivity index (χ0v) is 12.4. The maximum Gasteiger partial charge on any atom is 0.248 e. The van der Waals surface area contributed by atoms with E-state index in [2.05, 4.69) is 5.32 Å². The summed E-state index contributed by atoms with van der Waals surface area (Å²) in [7, 11) is 0. The Hall–Kier alpha value is -1.77. The summed E-state index contributed by atoms with van der Waals surface area (Å²) in [6, 6.07) is 12.7. The first-order valence-electron chi connectivity index (χ1n) is 6.06. The number of amides is 1. The molecule has 0 spiro atoms. The summed E-state index contributed by atoms with van der Waals surface area (Å²) in [6.45, 7) is 1.91. The molecule has 0 heterocycles. The third-order valence-electron chi connectivity index (χ3n) is 2.76. The van der Waals surface area contributed by atoms with Gasteiger partial charge in [0, 0.05) is 21.8 Å². The molecule has 0 atom stereocenters. The summed E-state index contributed by atoms with van der Waals surface area (Å²) in [4.78, 5) is 11.8. The van der Waals surface area contributed by atoms with Crippen molar-refractivity contribution in [1.29, 1.82) is 0 Å². The second kappa shape index (κ2) is 6.60. The van der Waals surface area contributed by atoms with Crippen molar-refractivity contribution >= 4 is 40.9 Å². The second-order valence-electron chi connectivity index (χ2n) is 4.31. The zero-order chi connectivity index (χ0) is 14.5. The van der Waals surface area contributed by atoms with Crippen molar-refractivity contribution in [2.75, 3.05) is 5.32 Å². The van der Waals surface area contributed by atoms with E-state index < -0.39 is 0 Å². The highest BCUT2D eigenvalue weighted by molar-refractivity contribution is 6.32. The van der Waals surface area contributed by atoms with E-state index in [1.165, 1.54) is 6.08 Å². The Morgan fingerprint density at radius 3 is 2.55 bits per heavy atom. The lowest BCUT2D eigenvalue weighted by Crippen LogP contribution is -2.07. The minimum Gasteiger partial charge on any atom is -0.322 e. The largest absolute Gasteiger partial charge is 0.322 e. The molecule has 0 aliphatic rings. The lowest BCUT2D eigenvalue weighted by molar-refractivity contribution is -0.111. The van der Waals surface area contributed by atoms with Gasteiger partial charge in [-0.25, -0.2) is 0 Å². The number of hydrogen-bond donors (Lipinski definition) is 1. The molecule has 0 bridgehead atoms. The quantitative estimate of drug-likeness (QED) is 0.798. The third-order valence-corrected chi connectivity index (χ3v) is 3.51. The molecule has 2 aromatic carbocycles. The van der Waals surface area contributed by atoms with E-state index in [9.17, 15) is 4.79 Å². The molecule has 4 heteroatoms. The summed E-state index contributed by atoms with van der Waals surface area (Å²) >= 11 is 12.0. The fourth-order valence-electron chi connectivity index (χ4n) is 1.63. The molecule has 1 amide bonds. The average molecular weight is 306 g/mol. The summed E-state index contributed by atoms with van der Waals surface area (Å²) in [6.07, 6.45) is 3.11. The first-order valence-corrected chi connectivity index (χ1v) is 6.81. The number of anilines is 1. The van der Waals surface area contributed by atoms with Crippen LogP contribution in [0.4, 0.5) is 5.69 Å². The molecule has 0 unspecified atom stereocenters. The van der Waals surface area contributed by atoms with E-state index in [-0.39, 0.29) is 5.91 Å². The highest BCUT2D eigenvalue weighted by atomic mass is 35.5. The number of carbonyl (C=O) groups excluding carboxylic acids is 1. The van der Waals surface area contributed by atoms with Crippen LogP contribution in [0.25, 0.3) is 6.08 Å². The van der Waals surface area contributed by atoms with Gasteiger partial charge in [-0.15, -0.1) is 0 Å². The van der Waals surface area contributed by atoms with Gasteiger partial charge < -0.3 is 5.32 Å². The highest BCUT2D eigenvalue weighted by Gasteiger charge is 2.01. The van der Waals surface area contributed by atoms with Gasteiger partial charge in [0.2, 0.25) is 5.91 Å². The van der Waals surface area contributed by atoms with Gasteiger partial charge in [-0.1, -0.05) is 47.5 Å². The molecular weight excluding hydrogens is 293 g/mol. The summed E-state index contributed by atoms with van der Waals surface area (Å²) in [5.41, 5.74) is 2.43. The van der Waals surface area contributed by atoms with Gasteiger partial charge in [0.25, 0.3) is 0 Å². The average Bonchev–Trinajstić information content (AvgIpc) is 2.42. The molecule has 0 aliphatic heterocycles. The molecule has 0 aliphatic carbocycles. The second-order valence-corrected chi connectivity index (χ2v) is 5.12. The molecule has 2 nitrogen and oxygen atoms in total. The van der Waals surface area contributed by atoms with Crippen LogP contribution in [-0.4, -0.2) is 5.91 Å². The van der Waals surface area contributed by atoms with E-state index in [1.807, 2.05) is 37.3 Å².